The van der Waals surface area contributed by atoms with Crippen molar-refractivity contribution in [1.29, 1.82) is 0 Å². The lowest BCUT2D eigenvalue weighted by Gasteiger charge is -2.29. The molecule has 0 saturated carbocycles. The quantitative estimate of drug-likeness (QED) is 0.456. The maximum absolute atomic E-state index is 14.8. The number of aliphatic carboxylic acids is 1. The lowest BCUT2D eigenvalue weighted by molar-refractivity contribution is -0.313. The molecule has 2 aromatic carbocycles. The number of halogens is 1. The largest absolute Gasteiger partial charge is 0.550 e. The van der Waals surface area contributed by atoms with Crippen LogP contribution in [-0.2, 0) is 22.5 Å². The lowest BCUT2D eigenvalue weighted by Crippen LogP contribution is -2.33. The zero-order valence-corrected chi connectivity index (χ0v) is 22.0. The molecule has 2 N–H and O–H groups in total. The second-order valence-corrected chi connectivity index (χ2v) is 10.5. The van der Waals surface area contributed by atoms with Crippen molar-refractivity contribution < 1.29 is 28.9 Å². The Morgan fingerprint density at radius 3 is 2.77 bits per heavy atom. The van der Waals surface area contributed by atoms with Gasteiger partial charge in [0.15, 0.2) is 0 Å². The van der Waals surface area contributed by atoms with E-state index in [2.05, 4.69) is 9.88 Å². The third-order valence-corrected chi connectivity index (χ3v) is 7.84. The zero-order chi connectivity index (χ0) is 27.7. The Hall–Kier alpha value is -3.53. The monoisotopic (exact) mass is 535 g/mol. The summed E-state index contributed by atoms with van der Waals surface area (Å²) in [7, 11) is 2.01. The van der Waals surface area contributed by atoms with Crippen LogP contribution in [0.1, 0.15) is 54.2 Å². The van der Waals surface area contributed by atoms with Crippen LogP contribution in [0.5, 0.6) is 5.75 Å². The second-order valence-electron chi connectivity index (χ2n) is 10.5. The molecule has 39 heavy (non-hydrogen) atoms. The molecule has 1 fully saturated rings. The number of aryl methyl sites for hydroxylation is 1. The summed E-state index contributed by atoms with van der Waals surface area (Å²) in [6, 6.07) is 12.5. The number of ether oxygens (including phenoxy) is 2. The first-order valence-corrected chi connectivity index (χ1v) is 13.2. The molecule has 2 aliphatic heterocycles. The summed E-state index contributed by atoms with van der Waals surface area (Å²) in [5.41, 5.74) is 3.72. The zero-order valence-electron chi connectivity index (χ0n) is 22.0. The van der Waals surface area contributed by atoms with Crippen LogP contribution >= 0.6 is 0 Å². The molecule has 0 spiro atoms. The second kappa shape index (κ2) is 11.3. The fourth-order valence-electron chi connectivity index (χ4n) is 5.36. The first-order valence-electron chi connectivity index (χ1n) is 13.2. The highest BCUT2D eigenvalue weighted by Crippen LogP contribution is 2.39. The summed E-state index contributed by atoms with van der Waals surface area (Å²) < 4.78 is 26.7. The summed E-state index contributed by atoms with van der Waals surface area (Å²) in [5.74, 6) is -2.29. The molecular weight excluding hydrogens is 503 g/mol. The summed E-state index contributed by atoms with van der Waals surface area (Å²) in [4.78, 5) is 27.8. The lowest BCUT2D eigenvalue weighted by atomic mass is 9.91. The summed E-state index contributed by atoms with van der Waals surface area (Å²) in [5, 5.41) is 21.7. The fraction of sp³-hybridized carbons (Fsp3) is 0.400. The molecule has 4 atom stereocenters. The molecule has 3 heterocycles. The molecular formula is C30H32FN2O6-. The van der Waals surface area contributed by atoms with Gasteiger partial charge in [0.25, 0.3) is 0 Å². The maximum Gasteiger partial charge on any atom is 0.248 e. The fourth-order valence-corrected chi connectivity index (χ4v) is 5.36. The molecule has 0 amide bonds. The molecule has 2 unspecified atom stereocenters. The van der Waals surface area contributed by atoms with Gasteiger partial charge in [-0.2, -0.15) is 0 Å². The van der Waals surface area contributed by atoms with E-state index < -0.39 is 23.8 Å². The van der Waals surface area contributed by atoms with Crippen LogP contribution in [0.4, 0.5) is 4.39 Å². The SMILES string of the molecule is C[C@H](C(=O)[O-])[C@@H](O)c1ccc2c(c1)OC(c1ccc(-c3cc(=O)[nH]cc3F)c(CN(C)C3CCOC3)c1)CC2. The number of likely N-dealkylation sites (N-methyl/N-ethyl adjacent to an activating group) is 1. The Balaban J connectivity index is 1.46. The first kappa shape index (κ1) is 27.1. The van der Waals surface area contributed by atoms with E-state index in [9.17, 15) is 24.2 Å². The number of carbonyl (C=O) groups is 1. The van der Waals surface area contributed by atoms with Gasteiger partial charge in [-0.3, -0.25) is 9.69 Å². The van der Waals surface area contributed by atoms with E-state index in [0.717, 1.165) is 42.1 Å². The van der Waals surface area contributed by atoms with Gasteiger partial charge in [0.2, 0.25) is 5.56 Å². The van der Waals surface area contributed by atoms with E-state index in [1.165, 1.54) is 13.0 Å². The van der Waals surface area contributed by atoms with E-state index in [1.54, 1.807) is 12.1 Å². The average Bonchev–Trinajstić information content (AvgIpc) is 3.48. The van der Waals surface area contributed by atoms with E-state index >= 15 is 0 Å². The molecule has 2 aliphatic rings. The van der Waals surface area contributed by atoms with Crippen molar-refractivity contribution in [2.75, 3.05) is 20.3 Å². The smallest absolute Gasteiger partial charge is 0.248 e. The van der Waals surface area contributed by atoms with Gasteiger partial charge in [-0.25, -0.2) is 4.39 Å². The number of hydrogen-bond donors (Lipinski definition) is 2. The van der Waals surface area contributed by atoms with Gasteiger partial charge in [-0.15, -0.1) is 0 Å². The van der Waals surface area contributed by atoms with Crippen LogP contribution < -0.4 is 15.4 Å². The van der Waals surface area contributed by atoms with Crippen molar-refractivity contribution in [2.24, 2.45) is 5.92 Å². The number of pyridine rings is 1. The van der Waals surface area contributed by atoms with Gasteiger partial charge in [-0.1, -0.05) is 37.3 Å². The highest BCUT2D eigenvalue weighted by molar-refractivity contribution is 5.69. The Labute approximate surface area is 226 Å². The minimum absolute atomic E-state index is 0.243. The summed E-state index contributed by atoms with van der Waals surface area (Å²) >= 11 is 0. The van der Waals surface area contributed by atoms with Crippen molar-refractivity contribution in [2.45, 2.75) is 51.0 Å². The molecule has 0 aliphatic carbocycles. The van der Waals surface area contributed by atoms with Gasteiger partial charge in [0.05, 0.1) is 12.7 Å². The Morgan fingerprint density at radius 2 is 2.03 bits per heavy atom. The van der Waals surface area contributed by atoms with Gasteiger partial charge in [-0.05, 0) is 60.2 Å². The normalized spacial score (nSPS) is 20.3. The first-order chi connectivity index (χ1) is 18.7. The molecule has 0 bridgehead atoms. The average molecular weight is 536 g/mol. The molecule has 206 valence electrons. The number of fused-ring (bicyclic) bond motifs is 1. The molecule has 0 radical (unpaired) electrons. The number of benzene rings is 2. The van der Waals surface area contributed by atoms with E-state index in [-0.39, 0.29) is 23.3 Å². The number of hydrogen-bond acceptors (Lipinski definition) is 7. The number of aromatic amines is 1. The van der Waals surface area contributed by atoms with Crippen molar-refractivity contribution >= 4 is 5.97 Å². The van der Waals surface area contributed by atoms with Gasteiger partial charge < -0.3 is 29.5 Å². The van der Waals surface area contributed by atoms with Gasteiger partial charge in [0, 0.05) is 48.9 Å². The van der Waals surface area contributed by atoms with Crippen LogP contribution in [0, 0.1) is 11.7 Å². The highest BCUT2D eigenvalue weighted by Gasteiger charge is 2.27. The van der Waals surface area contributed by atoms with Gasteiger partial charge >= 0.3 is 0 Å². The number of H-pyrrole nitrogens is 1. The Kier molecular flexibility index (Phi) is 7.83. The Bertz CT molecular complexity index is 1420. The summed E-state index contributed by atoms with van der Waals surface area (Å²) in [6.07, 6.45) is 1.95. The van der Waals surface area contributed by atoms with Crippen LogP contribution in [0.25, 0.3) is 11.1 Å². The topological polar surface area (TPSA) is 115 Å². The molecule has 8 nitrogen and oxygen atoms in total. The number of nitrogens with zero attached hydrogens (tertiary/aromatic N) is 1. The number of carbonyl (C=O) groups excluding carboxylic acids is 1. The standard InChI is InChI=1S/C30H33FN2O6/c1-17(30(36)37)29(35)20-4-3-18-6-8-26(39-27(18)12-20)19-5-7-23(24-13-28(34)32-14-25(24)31)21(11-19)15-33(2)22-9-10-38-16-22/h3-5,7,11-14,17,22,26,29,35H,6,8-10,15-16H2,1-2H3,(H,32,34)(H,36,37)/p-1/t17-,22?,26?,29+/m0/s1. The number of aromatic nitrogens is 1. The van der Waals surface area contributed by atoms with Crippen LogP contribution in [0.15, 0.2) is 53.5 Å². The minimum atomic E-state index is -1.32. The van der Waals surface area contributed by atoms with E-state index in [4.69, 9.17) is 9.47 Å². The predicted octanol–water partition coefficient (Wildman–Crippen LogP) is 2.89. The highest BCUT2D eigenvalue weighted by atomic mass is 19.1. The maximum atomic E-state index is 14.8. The van der Waals surface area contributed by atoms with Crippen LogP contribution in [0.2, 0.25) is 0 Å². The van der Waals surface area contributed by atoms with Crippen molar-refractivity contribution in [3.8, 4) is 16.9 Å². The number of nitrogens with one attached hydrogen (secondary N) is 1. The predicted molar refractivity (Wildman–Crippen MR) is 140 cm³/mol. The van der Waals surface area contributed by atoms with Crippen molar-refractivity contribution in [3.63, 3.8) is 0 Å². The van der Waals surface area contributed by atoms with Gasteiger partial charge in [0.1, 0.15) is 17.7 Å². The van der Waals surface area contributed by atoms with Crippen LogP contribution in [-0.4, -0.2) is 47.3 Å². The van der Waals surface area contributed by atoms with E-state index in [0.29, 0.717) is 36.6 Å². The minimum Gasteiger partial charge on any atom is -0.550 e. The number of carboxylic acids is 1. The number of carboxylic acid groups (broad SMARTS) is 1. The number of aliphatic hydroxyl groups excluding tert-OH is 1. The molecule has 5 rings (SSSR count). The molecule has 1 saturated heterocycles. The number of rotatable bonds is 8. The van der Waals surface area contributed by atoms with Crippen molar-refractivity contribution in [1.82, 2.24) is 9.88 Å². The molecule has 1 aromatic heterocycles. The molecule has 3 aromatic rings. The summed E-state index contributed by atoms with van der Waals surface area (Å²) in [6.45, 7) is 3.28. The van der Waals surface area contributed by atoms with Crippen LogP contribution in [0.3, 0.4) is 0 Å². The third kappa shape index (κ3) is 5.75. The third-order valence-electron chi connectivity index (χ3n) is 7.84. The number of aliphatic hydroxyl groups is 1. The Morgan fingerprint density at radius 1 is 1.21 bits per heavy atom. The van der Waals surface area contributed by atoms with E-state index in [1.807, 2.05) is 31.3 Å². The van der Waals surface area contributed by atoms with Crippen molar-refractivity contribution in [3.05, 3.63) is 87.1 Å². The molecule has 9 heteroatoms.